The second-order valence-corrected chi connectivity index (χ2v) is 7.89. The Morgan fingerprint density at radius 2 is 0.633 bits per heavy atom. The summed E-state index contributed by atoms with van der Waals surface area (Å²) in [6.45, 7) is 0. The largest absolute Gasteiger partial charge is 0.489 e. The quantitative estimate of drug-likeness (QED) is 0.426. The second kappa shape index (κ2) is 9.33. The number of nitrogens with zero attached hydrogens (tertiary/aromatic N) is 4. The molecule has 0 aromatic heterocycles. The van der Waals surface area contributed by atoms with Crippen LogP contribution in [0.4, 0.5) is 0 Å². The van der Waals surface area contributed by atoms with Gasteiger partial charge in [-0.2, -0.15) is 0 Å². The smallest absolute Gasteiger partial charge is 0.399 e. The van der Waals surface area contributed by atoms with Crippen molar-refractivity contribution in [3.05, 3.63) is 0 Å². The zero-order chi connectivity index (χ0) is 22.9. The first-order chi connectivity index (χ1) is 13.9. The van der Waals surface area contributed by atoms with Crippen molar-refractivity contribution >= 4 is 37.6 Å². The standard InChI is InChI=1S/C16H28B2N4O8/c1-19(2)13(23)9-10(14(24)20(3)4)28-17(27-9)18-29-11(15(25)21(5)6)12(30-18)16(26)22(7)8/h9-12H,1-8H3/t9-,10-,11-,12-/m0/s1. The van der Waals surface area contributed by atoms with Crippen LogP contribution >= 0.6 is 0 Å². The lowest BCUT2D eigenvalue weighted by molar-refractivity contribution is -0.146. The molecule has 0 spiro atoms. The van der Waals surface area contributed by atoms with Crippen molar-refractivity contribution in [2.75, 3.05) is 56.4 Å². The van der Waals surface area contributed by atoms with Crippen molar-refractivity contribution in [3.63, 3.8) is 0 Å². The van der Waals surface area contributed by atoms with Crippen molar-refractivity contribution in [1.82, 2.24) is 19.6 Å². The Bertz CT molecular complexity index is 591. The van der Waals surface area contributed by atoms with Gasteiger partial charge in [-0.25, -0.2) is 0 Å². The Hall–Kier alpha value is -2.15. The van der Waals surface area contributed by atoms with Gasteiger partial charge >= 0.3 is 14.0 Å². The zero-order valence-corrected chi connectivity index (χ0v) is 18.5. The Balaban J connectivity index is 2.27. The number of amides is 4. The highest BCUT2D eigenvalue weighted by atomic mass is 16.7. The molecule has 0 aromatic carbocycles. The van der Waals surface area contributed by atoms with Crippen molar-refractivity contribution in [2.45, 2.75) is 24.4 Å². The average Bonchev–Trinajstić information content (AvgIpc) is 3.29. The summed E-state index contributed by atoms with van der Waals surface area (Å²) in [5, 5.41) is 0. The van der Waals surface area contributed by atoms with Gasteiger partial charge in [0.1, 0.15) is 0 Å². The summed E-state index contributed by atoms with van der Waals surface area (Å²) < 4.78 is 22.7. The summed E-state index contributed by atoms with van der Waals surface area (Å²) in [7, 11) is 9.62. The van der Waals surface area contributed by atoms with E-state index in [4.69, 9.17) is 18.6 Å². The third-order valence-corrected chi connectivity index (χ3v) is 4.63. The van der Waals surface area contributed by atoms with E-state index in [-0.39, 0.29) is 0 Å². The van der Waals surface area contributed by atoms with Gasteiger partial charge in [0.2, 0.25) is 0 Å². The number of carbonyl (C=O) groups is 4. The van der Waals surface area contributed by atoms with Crippen molar-refractivity contribution in [2.24, 2.45) is 0 Å². The van der Waals surface area contributed by atoms with E-state index < -0.39 is 62.1 Å². The predicted octanol–water partition coefficient (Wildman–Crippen LogP) is -3.04. The lowest BCUT2D eigenvalue weighted by Gasteiger charge is -2.22. The highest BCUT2D eigenvalue weighted by molar-refractivity contribution is 7.11. The molecule has 2 heterocycles. The van der Waals surface area contributed by atoms with E-state index in [9.17, 15) is 19.2 Å². The van der Waals surface area contributed by atoms with Crippen molar-refractivity contribution in [3.8, 4) is 0 Å². The van der Waals surface area contributed by atoms with Crippen LogP contribution in [0.1, 0.15) is 0 Å². The van der Waals surface area contributed by atoms with E-state index in [2.05, 4.69) is 0 Å². The molecule has 30 heavy (non-hydrogen) atoms. The third kappa shape index (κ3) is 4.77. The molecule has 4 atom stereocenters. The maximum absolute atomic E-state index is 12.5. The van der Waals surface area contributed by atoms with Gasteiger partial charge in [-0.05, 0) is 0 Å². The monoisotopic (exact) mass is 426 g/mol. The predicted molar refractivity (Wildman–Crippen MR) is 106 cm³/mol. The normalized spacial score (nSPS) is 25.9. The summed E-state index contributed by atoms with van der Waals surface area (Å²) in [6.07, 6.45) is -4.89. The van der Waals surface area contributed by atoms with Gasteiger partial charge in [0.15, 0.2) is 24.4 Å². The van der Waals surface area contributed by atoms with Crippen LogP contribution in [0.5, 0.6) is 0 Å². The van der Waals surface area contributed by atoms with Crippen LogP contribution in [0.2, 0.25) is 0 Å². The number of hydrogen-bond acceptors (Lipinski definition) is 8. The molecular formula is C16H28B2N4O8. The summed E-state index contributed by atoms with van der Waals surface area (Å²) >= 11 is 0. The van der Waals surface area contributed by atoms with Crippen LogP contribution in [0.15, 0.2) is 0 Å². The Labute approximate surface area is 176 Å². The van der Waals surface area contributed by atoms with Crippen LogP contribution in [0.3, 0.4) is 0 Å². The molecule has 2 aliphatic heterocycles. The van der Waals surface area contributed by atoms with Gasteiger partial charge in [-0.3, -0.25) is 19.2 Å². The molecule has 14 heteroatoms. The molecule has 0 radical (unpaired) electrons. The minimum atomic E-state index is -1.29. The SMILES string of the molecule is CN(C)C(=O)[C@H]1OB(B2O[C@H](C(=O)N(C)C)[C@@H](C(=O)N(C)C)O2)O[C@@H]1C(=O)N(C)C. The number of hydrogen-bond donors (Lipinski definition) is 0. The lowest BCUT2D eigenvalue weighted by atomic mass is 9.49. The Morgan fingerprint density at radius 1 is 0.467 bits per heavy atom. The first kappa shape index (κ1) is 24.1. The van der Waals surface area contributed by atoms with Gasteiger partial charge < -0.3 is 38.2 Å². The molecule has 0 aromatic rings. The van der Waals surface area contributed by atoms with E-state index >= 15 is 0 Å². The molecule has 4 amide bonds. The number of likely N-dealkylation sites (N-methyl/N-ethyl adjacent to an activating group) is 4. The lowest BCUT2D eigenvalue weighted by Crippen LogP contribution is -2.47. The van der Waals surface area contributed by atoms with E-state index in [0.717, 1.165) is 0 Å². The van der Waals surface area contributed by atoms with Crippen molar-refractivity contribution < 1.29 is 37.8 Å². The molecule has 0 unspecified atom stereocenters. The minimum Gasteiger partial charge on any atom is -0.399 e. The van der Waals surface area contributed by atoms with Crippen LogP contribution in [-0.4, -0.2) is 138 Å². The van der Waals surface area contributed by atoms with Gasteiger partial charge in [-0.15, -0.1) is 0 Å². The first-order valence-electron chi connectivity index (χ1n) is 9.33. The average molecular weight is 426 g/mol. The molecule has 0 N–H and O–H groups in total. The molecular weight excluding hydrogens is 398 g/mol. The Morgan fingerprint density at radius 3 is 0.767 bits per heavy atom. The third-order valence-electron chi connectivity index (χ3n) is 4.63. The molecule has 0 aliphatic carbocycles. The molecule has 2 saturated heterocycles. The fraction of sp³-hybridized carbons (Fsp3) is 0.750. The van der Waals surface area contributed by atoms with E-state index in [1.165, 1.54) is 76.0 Å². The van der Waals surface area contributed by atoms with Gasteiger partial charge in [0, 0.05) is 56.4 Å². The fourth-order valence-corrected chi connectivity index (χ4v) is 2.95. The number of carbonyl (C=O) groups excluding carboxylic acids is 4. The van der Waals surface area contributed by atoms with Crippen LogP contribution in [0, 0.1) is 0 Å². The molecule has 12 nitrogen and oxygen atoms in total. The molecule has 2 rings (SSSR count). The summed E-state index contributed by atoms with van der Waals surface area (Å²) in [4.78, 5) is 55.2. The fourth-order valence-electron chi connectivity index (χ4n) is 2.95. The summed E-state index contributed by atoms with van der Waals surface area (Å²) in [6, 6.07) is 0. The highest BCUT2D eigenvalue weighted by Gasteiger charge is 2.61. The molecule has 0 saturated carbocycles. The van der Waals surface area contributed by atoms with Crippen LogP contribution < -0.4 is 0 Å². The summed E-state index contributed by atoms with van der Waals surface area (Å²) in [5.74, 6) is -1.90. The van der Waals surface area contributed by atoms with Crippen molar-refractivity contribution in [1.29, 1.82) is 0 Å². The van der Waals surface area contributed by atoms with Gasteiger partial charge in [0.05, 0.1) is 0 Å². The maximum Gasteiger partial charge on any atom is 0.489 e. The van der Waals surface area contributed by atoms with E-state index in [0.29, 0.717) is 0 Å². The summed E-state index contributed by atoms with van der Waals surface area (Å²) in [5.41, 5.74) is 0. The number of rotatable bonds is 5. The van der Waals surface area contributed by atoms with Gasteiger partial charge in [-0.1, -0.05) is 0 Å². The molecule has 2 aliphatic rings. The molecule has 0 bridgehead atoms. The molecule has 2 fully saturated rings. The maximum atomic E-state index is 12.5. The Kier molecular flexibility index (Phi) is 7.50. The van der Waals surface area contributed by atoms with E-state index in [1.807, 2.05) is 0 Å². The second-order valence-electron chi connectivity index (χ2n) is 7.89. The highest BCUT2D eigenvalue weighted by Crippen LogP contribution is 2.28. The first-order valence-corrected chi connectivity index (χ1v) is 9.33. The topological polar surface area (TPSA) is 118 Å². The van der Waals surface area contributed by atoms with E-state index in [1.54, 1.807) is 0 Å². The molecule has 166 valence electrons. The van der Waals surface area contributed by atoms with Gasteiger partial charge in [0.25, 0.3) is 23.6 Å². The van der Waals surface area contributed by atoms with Crippen LogP contribution in [-0.2, 0) is 37.8 Å². The zero-order valence-electron chi connectivity index (χ0n) is 18.5. The minimum absolute atomic E-state index is 0.475. The van der Waals surface area contributed by atoms with Crippen LogP contribution in [0.25, 0.3) is 0 Å².